The third-order valence-corrected chi connectivity index (χ3v) is 5.14. The number of hydrogen-bond acceptors (Lipinski definition) is 3. The lowest BCUT2D eigenvalue weighted by atomic mass is 10.2. The van der Waals surface area contributed by atoms with Crippen LogP contribution in [-0.2, 0) is 20.6 Å². The number of nitrogens with zero attached hydrogens (tertiary/aromatic N) is 1. The minimum atomic E-state index is -3.59. The number of sulfonamides is 1. The molecule has 1 aliphatic rings. The lowest BCUT2D eigenvalue weighted by Gasteiger charge is -2.33. The summed E-state index contributed by atoms with van der Waals surface area (Å²) in [5.74, 6) is -0.895. The van der Waals surface area contributed by atoms with Gasteiger partial charge in [-0.2, -0.15) is 4.31 Å². The first-order valence-electron chi connectivity index (χ1n) is 6.45. The monoisotopic (exact) mass is 300 g/mol. The minimum Gasteiger partial charge on any atom is -0.353 e. The molecule has 2 rings (SSSR count). The van der Waals surface area contributed by atoms with Crippen molar-refractivity contribution >= 4 is 15.9 Å². The van der Waals surface area contributed by atoms with Crippen molar-refractivity contribution < 1.29 is 17.6 Å². The maximum absolute atomic E-state index is 12.8. The quantitative estimate of drug-likeness (QED) is 0.897. The number of carbonyl (C=O) groups excluding carboxylic acids is 1. The molecule has 1 aliphatic heterocycles. The second-order valence-electron chi connectivity index (χ2n) is 4.71. The van der Waals surface area contributed by atoms with Crippen molar-refractivity contribution in [1.29, 1.82) is 0 Å². The molecule has 0 bridgehead atoms. The third-order valence-electron chi connectivity index (χ3n) is 3.29. The van der Waals surface area contributed by atoms with Gasteiger partial charge in [0.2, 0.25) is 15.9 Å². The Hall–Kier alpha value is -1.47. The van der Waals surface area contributed by atoms with Gasteiger partial charge in [-0.25, -0.2) is 12.8 Å². The molecule has 1 amide bonds. The Labute approximate surface area is 117 Å². The number of benzene rings is 1. The number of nitrogens with one attached hydrogen (secondary N) is 1. The zero-order valence-corrected chi connectivity index (χ0v) is 12.0. The molecule has 110 valence electrons. The Morgan fingerprint density at radius 3 is 2.60 bits per heavy atom. The van der Waals surface area contributed by atoms with Crippen molar-refractivity contribution in [3.8, 4) is 0 Å². The highest BCUT2D eigenvalue weighted by Gasteiger charge is 2.36. The molecule has 1 unspecified atom stereocenters. The van der Waals surface area contributed by atoms with Gasteiger partial charge in [-0.05, 0) is 24.1 Å². The van der Waals surface area contributed by atoms with E-state index in [1.165, 1.54) is 28.6 Å². The van der Waals surface area contributed by atoms with Gasteiger partial charge in [-0.1, -0.05) is 19.1 Å². The van der Waals surface area contributed by atoms with Crippen molar-refractivity contribution in [3.63, 3.8) is 0 Å². The molecule has 20 heavy (non-hydrogen) atoms. The topological polar surface area (TPSA) is 66.5 Å². The summed E-state index contributed by atoms with van der Waals surface area (Å²) in [5.41, 5.74) is 0.507. The van der Waals surface area contributed by atoms with Gasteiger partial charge < -0.3 is 5.32 Å². The van der Waals surface area contributed by atoms with Crippen LogP contribution >= 0.6 is 0 Å². The molecule has 1 aromatic rings. The van der Waals surface area contributed by atoms with Gasteiger partial charge in [-0.15, -0.1) is 0 Å². The lowest BCUT2D eigenvalue weighted by molar-refractivity contribution is -0.126. The van der Waals surface area contributed by atoms with Crippen molar-refractivity contribution in [2.45, 2.75) is 25.1 Å². The molecule has 0 spiro atoms. The zero-order chi connectivity index (χ0) is 14.8. The first-order chi connectivity index (χ1) is 9.44. The molecule has 0 saturated carbocycles. The fourth-order valence-corrected chi connectivity index (χ4v) is 4.07. The predicted molar refractivity (Wildman–Crippen MR) is 72.8 cm³/mol. The third kappa shape index (κ3) is 3.16. The largest absolute Gasteiger partial charge is 0.353 e. The zero-order valence-electron chi connectivity index (χ0n) is 11.2. The predicted octanol–water partition coefficient (Wildman–Crippen LogP) is 0.866. The lowest BCUT2D eigenvalue weighted by Crippen LogP contribution is -2.56. The van der Waals surface area contributed by atoms with Crippen LogP contribution in [0, 0.1) is 5.82 Å². The summed E-state index contributed by atoms with van der Waals surface area (Å²) >= 11 is 0. The van der Waals surface area contributed by atoms with Crippen LogP contribution in [0.25, 0.3) is 0 Å². The smallest absolute Gasteiger partial charge is 0.238 e. The number of halogens is 1. The number of carbonyl (C=O) groups is 1. The highest BCUT2D eigenvalue weighted by molar-refractivity contribution is 7.88. The molecule has 1 atom stereocenters. The molecular formula is C13H17FN2O3S. The molecule has 0 radical (unpaired) electrons. The van der Waals surface area contributed by atoms with Gasteiger partial charge in [0.1, 0.15) is 11.9 Å². The van der Waals surface area contributed by atoms with E-state index >= 15 is 0 Å². The van der Waals surface area contributed by atoms with Crippen LogP contribution < -0.4 is 5.32 Å². The number of amides is 1. The summed E-state index contributed by atoms with van der Waals surface area (Å²) in [6.45, 7) is 2.36. The number of piperazine rings is 1. The van der Waals surface area contributed by atoms with E-state index in [1.54, 1.807) is 6.92 Å². The van der Waals surface area contributed by atoms with E-state index in [2.05, 4.69) is 5.32 Å². The van der Waals surface area contributed by atoms with Crippen LogP contribution in [0.3, 0.4) is 0 Å². The molecule has 1 saturated heterocycles. The van der Waals surface area contributed by atoms with Crippen LogP contribution in [-0.4, -0.2) is 37.8 Å². The first-order valence-corrected chi connectivity index (χ1v) is 8.06. The number of hydrogen-bond donors (Lipinski definition) is 1. The van der Waals surface area contributed by atoms with E-state index in [4.69, 9.17) is 0 Å². The van der Waals surface area contributed by atoms with Gasteiger partial charge >= 0.3 is 0 Å². The van der Waals surface area contributed by atoms with Crippen LogP contribution in [0.15, 0.2) is 24.3 Å². The van der Waals surface area contributed by atoms with Crippen LogP contribution in [0.2, 0.25) is 0 Å². The Morgan fingerprint density at radius 1 is 1.35 bits per heavy atom. The van der Waals surface area contributed by atoms with E-state index in [9.17, 15) is 17.6 Å². The second-order valence-corrected chi connectivity index (χ2v) is 6.63. The molecule has 1 aromatic carbocycles. The first kappa shape index (κ1) is 14.9. The maximum Gasteiger partial charge on any atom is 0.238 e. The highest BCUT2D eigenvalue weighted by atomic mass is 32.2. The van der Waals surface area contributed by atoms with Crippen molar-refractivity contribution in [2.24, 2.45) is 0 Å². The van der Waals surface area contributed by atoms with Gasteiger partial charge in [-0.3, -0.25) is 4.79 Å². The molecule has 5 nitrogen and oxygen atoms in total. The minimum absolute atomic E-state index is 0.225. The van der Waals surface area contributed by atoms with Gasteiger partial charge in [0.05, 0.1) is 5.75 Å². The average Bonchev–Trinajstić information content (AvgIpc) is 2.41. The summed E-state index contributed by atoms with van der Waals surface area (Å²) in [4.78, 5) is 11.7. The summed E-state index contributed by atoms with van der Waals surface area (Å²) in [6, 6.07) is 4.68. The molecule has 1 N–H and O–H groups in total. The Bertz CT molecular complexity index is 586. The highest BCUT2D eigenvalue weighted by Crippen LogP contribution is 2.18. The van der Waals surface area contributed by atoms with Crippen LogP contribution in [0.1, 0.15) is 18.9 Å². The van der Waals surface area contributed by atoms with E-state index in [-0.39, 0.29) is 18.2 Å². The molecule has 0 aliphatic carbocycles. The molecule has 1 fully saturated rings. The van der Waals surface area contributed by atoms with Crippen molar-refractivity contribution in [3.05, 3.63) is 35.6 Å². The molecule has 0 aromatic heterocycles. The number of rotatable bonds is 4. The molecule has 7 heteroatoms. The van der Waals surface area contributed by atoms with E-state index in [0.717, 1.165) is 0 Å². The Kier molecular flexibility index (Phi) is 4.39. The molecule has 1 heterocycles. The average molecular weight is 300 g/mol. The second kappa shape index (κ2) is 5.88. The molecular weight excluding hydrogens is 283 g/mol. The van der Waals surface area contributed by atoms with Gasteiger partial charge in [0, 0.05) is 13.1 Å². The Balaban J connectivity index is 2.20. The van der Waals surface area contributed by atoms with Crippen LogP contribution in [0.4, 0.5) is 4.39 Å². The Morgan fingerprint density at radius 2 is 2.00 bits per heavy atom. The maximum atomic E-state index is 12.8. The fraction of sp³-hybridized carbons (Fsp3) is 0.462. The summed E-state index contributed by atoms with van der Waals surface area (Å²) in [5, 5.41) is 2.66. The fourth-order valence-electron chi connectivity index (χ4n) is 2.29. The standard InChI is InChI=1S/C13H17FN2O3S/c1-2-12-13(17)15-7-8-16(12)20(18,19)9-10-3-5-11(14)6-4-10/h3-6,12H,2,7-9H2,1H3,(H,15,17). The van der Waals surface area contributed by atoms with Gasteiger partial charge in [0.15, 0.2) is 0 Å². The van der Waals surface area contributed by atoms with Crippen molar-refractivity contribution in [2.75, 3.05) is 13.1 Å². The normalized spacial score (nSPS) is 20.7. The van der Waals surface area contributed by atoms with Crippen LogP contribution in [0.5, 0.6) is 0 Å². The van der Waals surface area contributed by atoms with E-state index in [1.807, 2.05) is 0 Å². The van der Waals surface area contributed by atoms with E-state index < -0.39 is 21.9 Å². The van der Waals surface area contributed by atoms with Crippen molar-refractivity contribution in [1.82, 2.24) is 9.62 Å². The summed E-state index contributed by atoms with van der Waals surface area (Å²) < 4.78 is 38.9. The van der Waals surface area contributed by atoms with Gasteiger partial charge in [0.25, 0.3) is 0 Å². The SMILES string of the molecule is CCC1C(=O)NCCN1S(=O)(=O)Cc1ccc(F)cc1. The van der Waals surface area contributed by atoms with E-state index in [0.29, 0.717) is 18.5 Å². The summed E-state index contributed by atoms with van der Waals surface area (Å²) in [7, 11) is -3.59. The summed E-state index contributed by atoms with van der Waals surface area (Å²) in [6.07, 6.45) is 0.425.